The lowest BCUT2D eigenvalue weighted by atomic mass is 10.1. The largest absolute Gasteiger partial charge is 0.466 e. The fourth-order valence-electron chi connectivity index (χ4n) is 8.20. The SMILES string of the molecule is CCCCC/C=C\C/C=C\CCCCCCCCN(CCCCCCCCCCCOC(=O)CCCCCCCCCN(O)CCCCCCCCCCCC)CCP(=O)(O)O. The van der Waals surface area contributed by atoms with Crippen molar-refractivity contribution in [3.63, 3.8) is 0 Å². The molecule has 0 bridgehead atoms. The lowest BCUT2D eigenvalue weighted by Crippen LogP contribution is -2.29. The van der Waals surface area contributed by atoms with Gasteiger partial charge in [0.25, 0.3) is 0 Å². The molecule has 0 aliphatic rings. The number of allylic oxidation sites excluding steroid dienone is 4. The molecule has 0 fully saturated rings. The normalized spacial score (nSPS) is 12.3. The Kier molecular flexibility index (Phi) is 48.6. The summed E-state index contributed by atoms with van der Waals surface area (Å²) in [6, 6.07) is 0. The highest BCUT2D eigenvalue weighted by Crippen LogP contribution is 2.33. The molecule has 0 saturated carbocycles. The number of rotatable bonds is 51. The minimum atomic E-state index is -3.97. The quantitative estimate of drug-likeness (QED) is 0.0182. The van der Waals surface area contributed by atoms with Crippen molar-refractivity contribution >= 4 is 13.6 Å². The number of carbonyl (C=O) groups excluding carboxylic acids is 1. The van der Waals surface area contributed by atoms with Crippen molar-refractivity contribution in [1.82, 2.24) is 9.96 Å². The zero-order chi connectivity index (χ0) is 45.3. The van der Waals surface area contributed by atoms with Crippen molar-refractivity contribution in [3.05, 3.63) is 24.3 Å². The van der Waals surface area contributed by atoms with Gasteiger partial charge in [0.15, 0.2) is 0 Å². The molecular weight excluding hydrogens is 792 g/mol. The van der Waals surface area contributed by atoms with Crippen LogP contribution in [0.5, 0.6) is 0 Å². The maximum atomic E-state index is 12.1. The van der Waals surface area contributed by atoms with E-state index in [1.165, 1.54) is 191 Å². The van der Waals surface area contributed by atoms with Crippen molar-refractivity contribution in [2.24, 2.45) is 0 Å². The monoisotopic (exact) mass is 897 g/mol. The van der Waals surface area contributed by atoms with Crippen LogP contribution in [0.3, 0.4) is 0 Å². The number of hydroxylamine groups is 2. The Hall–Kier alpha value is -1.02. The van der Waals surface area contributed by atoms with E-state index in [0.29, 0.717) is 19.6 Å². The minimum absolute atomic E-state index is 0.0406. The lowest BCUT2D eigenvalue weighted by molar-refractivity contribution is -0.143. The van der Waals surface area contributed by atoms with Gasteiger partial charge in [0, 0.05) is 26.1 Å². The fourth-order valence-corrected chi connectivity index (χ4v) is 8.75. The molecule has 0 saturated heterocycles. The molecule has 368 valence electrons. The summed E-state index contributed by atoms with van der Waals surface area (Å²) < 4.78 is 17.0. The third-order valence-corrected chi connectivity index (χ3v) is 13.1. The van der Waals surface area contributed by atoms with Crippen LogP contribution in [0.1, 0.15) is 264 Å². The molecule has 8 nitrogen and oxygen atoms in total. The van der Waals surface area contributed by atoms with Gasteiger partial charge in [-0.2, -0.15) is 5.06 Å². The number of hydrogen-bond donors (Lipinski definition) is 3. The van der Waals surface area contributed by atoms with Crippen molar-refractivity contribution in [3.8, 4) is 0 Å². The number of esters is 1. The van der Waals surface area contributed by atoms with Gasteiger partial charge in [-0.15, -0.1) is 0 Å². The predicted octanol–water partition coefficient (Wildman–Crippen LogP) is 16.1. The Bertz CT molecular complexity index is 1020. The Morgan fingerprint density at radius 1 is 0.452 bits per heavy atom. The molecule has 9 heteroatoms. The molecule has 0 aliphatic heterocycles. The van der Waals surface area contributed by atoms with Crippen LogP contribution in [0.2, 0.25) is 0 Å². The van der Waals surface area contributed by atoms with E-state index in [2.05, 4.69) is 43.1 Å². The highest BCUT2D eigenvalue weighted by molar-refractivity contribution is 7.51. The third kappa shape index (κ3) is 51.6. The number of carbonyl (C=O) groups is 1. The minimum Gasteiger partial charge on any atom is -0.466 e. The summed E-state index contributed by atoms with van der Waals surface area (Å²) in [5.41, 5.74) is 0. The van der Waals surface area contributed by atoms with Gasteiger partial charge in [0.05, 0.1) is 12.8 Å². The molecule has 0 rings (SSSR count). The topological polar surface area (TPSA) is 111 Å². The van der Waals surface area contributed by atoms with Crippen LogP contribution in [-0.2, 0) is 14.1 Å². The average molecular weight is 897 g/mol. The molecule has 0 spiro atoms. The van der Waals surface area contributed by atoms with Crippen LogP contribution >= 0.6 is 7.60 Å². The van der Waals surface area contributed by atoms with Crippen molar-refractivity contribution in [1.29, 1.82) is 0 Å². The van der Waals surface area contributed by atoms with Gasteiger partial charge in [-0.3, -0.25) is 9.36 Å². The van der Waals surface area contributed by atoms with E-state index in [4.69, 9.17) is 4.74 Å². The standard InChI is InChI=1S/C53H105N2O6P/c1-3-5-7-9-11-13-15-16-17-18-19-20-22-28-34-40-46-54(50-52-62(58,59)60)47-41-35-29-23-21-25-32-38-44-51-61-53(56)45-39-33-27-26-31-37-43-49-55(57)48-42-36-30-24-14-12-10-8-6-4-2/h11,13,16-17,57H,3-10,12,14-15,18-52H2,1-2H3,(H2,58,59,60)/b13-11-,17-16-. The molecule has 0 aromatic heterocycles. The molecule has 0 heterocycles. The molecular formula is C53H105N2O6P. The number of nitrogens with zero attached hydrogens (tertiary/aromatic N) is 2. The van der Waals surface area contributed by atoms with Crippen LogP contribution in [-0.4, -0.2) is 76.4 Å². The summed E-state index contributed by atoms with van der Waals surface area (Å²) >= 11 is 0. The molecule has 0 unspecified atom stereocenters. The summed E-state index contributed by atoms with van der Waals surface area (Å²) in [6.07, 6.45) is 56.0. The first-order valence-electron chi connectivity index (χ1n) is 26.9. The van der Waals surface area contributed by atoms with Crippen LogP contribution in [0.15, 0.2) is 24.3 Å². The predicted molar refractivity (Wildman–Crippen MR) is 267 cm³/mol. The fraction of sp³-hybridized carbons (Fsp3) is 0.906. The van der Waals surface area contributed by atoms with Crippen molar-refractivity contribution in [2.45, 2.75) is 264 Å². The van der Waals surface area contributed by atoms with E-state index in [1.54, 1.807) is 0 Å². The van der Waals surface area contributed by atoms with Crippen LogP contribution in [0, 0.1) is 0 Å². The molecule has 0 atom stereocenters. The van der Waals surface area contributed by atoms with E-state index in [1.807, 2.05) is 0 Å². The van der Waals surface area contributed by atoms with Gasteiger partial charge < -0.3 is 24.6 Å². The van der Waals surface area contributed by atoms with Gasteiger partial charge in [-0.05, 0) is 83.7 Å². The van der Waals surface area contributed by atoms with Crippen LogP contribution < -0.4 is 0 Å². The summed E-state index contributed by atoms with van der Waals surface area (Å²) in [5.74, 6) is -0.0442. The second kappa shape index (κ2) is 49.4. The summed E-state index contributed by atoms with van der Waals surface area (Å²) in [7, 11) is -3.97. The maximum absolute atomic E-state index is 12.1. The first-order valence-corrected chi connectivity index (χ1v) is 28.7. The zero-order valence-corrected chi connectivity index (χ0v) is 42.1. The number of unbranched alkanes of at least 4 members (excludes halogenated alkanes) is 32. The van der Waals surface area contributed by atoms with Gasteiger partial charge in [-0.1, -0.05) is 212 Å². The summed E-state index contributed by atoms with van der Waals surface area (Å²) in [4.78, 5) is 33.3. The number of ether oxygens (including phenoxy) is 1. The second-order valence-corrected chi connectivity index (χ2v) is 20.4. The van der Waals surface area contributed by atoms with Gasteiger partial charge >= 0.3 is 13.6 Å². The smallest absolute Gasteiger partial charge is 0.326 e. The van der Waals surface area contributed by atoms with Crippen molar-refractivity contribution < 1.29 is 29.1 Å². The molecule has 0 aliphatic carbocycles. The second-order valence-electron chi connectivity index (χ2n) is 18.6. The lowest BCUT2D eigenvalue weighted by Gasteiger charge is -2.22. The van der Waals surface area contributed by atoms with E-state index in [-0.39, 0.29) is 12.1 Å². The number of hydrogen-bond acceptors (Lipinski definition) is 6. The molecule has 62 heavy (non-hydrogen) atoms. The van der Waals surface area contributed by atoms with Gasteiger partial charge in [0.1, 0.15) is 0 Å². The van der Waals surface area contributed by atoms with E-state index in [0.717, 1.165) is 84.0 Å². The van der Waals surface area contributed by atoms with Crippen LogP contribution in [0.25, 0.3) is 0 Å². The van der Waals surface area contributed by atoms with E-state index in [9.17, 15) is 24.4 Å². The average Bonchev–Trinajstić information content (AvgIpc) is 3.25. The van der Waals surface area contributed by atoms with Gasteiger partial charge in [0.2, 0.25) is 0 Å². The van der Waals surface area contributed by atoms with Crippen LogP contribution in [0.4, 0.5) is 0 Å². The molecule has 0 amide bonds. The molecule has 3 N–H and O–H groups in total. The Morgan fingerprint density at radius 2 is 0.806 bits per heavy atom. The third-order valence-electron chi connectivity index (χ3n) is 12.3. The van der Waals surface area contributed by atoms with E-state index >= 15 is 0 Å². The first kappa shape index (κ1) is 61.0. The highest BCUT2D eigenvalue weighted by atomic mass is 31.2. The molecule has 0 radical (unpaired) electrons. The Labute approximate surface area is 385 Å². The summed E-state index contributed by atoms with van der Waals surface area (Å²) in [6.45, 7) is 9.03. The van der Waals surface area contributed by atoms with Crippen molar-refractivity contribution in [2.75, 3.05) is 45.5 Å². The molecule has 0 aromatic rings. The highest BCUT2D eigenvalue weighted by Gasteiger charge is 2.15. The van der Waals surface area contributed by atoms with E-state index < -0.39 is 7.60 Å². The maximum Gasteiger partial charge on any atom is 0.326 e. The molecule has 0 aromatic carbocycles. The summed E-state index contributed by atoms with van der Waals surface area (Å²) in [5, 5.41) is 11.7. The zero-order valence-electron chi connectivity index (χ0n) is 41.2. The van der Waals surface area contributed by atoms with Gasteiger partial charge in [-0.25, -0.2) is 0 Å². The Balaban J connectivity index is 3.63. The Morgan fingerprint density at radius 3 is 1.26 bits per heavy atom. The first-order chi connectivity index (χ1) is 30.3.